The zero-order valence-corrected chi connectivity index (χ0v) is 15.0. The first-order valence-electron chi connectivity index (χ1n) is 7.94. The van der Waals surface area contributed by atoms with E-state index in [0.29, 0.717) is 24.7 Å². The van der Waals surface area contributed by atoms with Crippen molar-refractivity contribution < 1.29 is 17.9 Å². The van der Waals surface area contributed by atoms with E-state index in [0.717, 1.165) is 5.56 Å². The van der Waals surface area contributed by atoms with Gasteiger partial charge in [0.05, 0.1) is 18.1 Å². The number of ether oxygens (including phenoxy) is 2. The smallest absolute Gasteiger partial charge is 0.241 e. The van der Waals surface area contributed by atoms with Gasteiger partial charge in [0.25, 0.3) is 0 Å². The lowest BCUT2D eigenvalue weighted by molar-refractivity contribution is 0.287. The lowest BCUT2D eigenvalue weighted by Crippen LogP contribution is -2.26. The highest BCUT2D eigenvalue weighted by Gasteiger charge is 2.20. The van der Waals surface area contributed by atoms with Crippen LogP contribution in [0.15, 0.2) is 53.4 Å². The second kappa shape index (κ2) is 8.17. The molecule has 0 radical (unpaired) electrons. The van der Waals surface area contributed by atoms with Crippen LogP contribution in [0.4, 0.5) is 0 Å². The molecule has 24 heavy (non-hydrogen) atoms. The molecule has 0 heterocycles. The highest BCUT2D eigenvalue weighted by Crippen LogP contribution is 2.30. The Kier molecular flexibility index (Phi) is 6.23. The zero-order chi connectivity index (χ0) is 17.6. The molecule has 0 fully saturated rings. The van der Waals surface area contributed by atoms with Gasteiger partial charge in [-0.15, -0.1) is 0 Å². The van der Waals surface area contributed by atoms with Crippen molar-refractivity contribution >= 4 is 10.0 Å². The predicted molar refractivity (Wildman–Crippen MR) is 94.0 cm³/mol. The van der Waals surface area contributed by atoms with Crippen LogP contribution in [0.3, 0.4) is 0 Å². The average Bonchev–Trinajstić information content (AvgIpc) is 2.57. The largest absolute Gasteiger partial charge is 0.490 e. The molecule has 2 aromatic rings. The van der Waals surface area contributed by atoms with Gasteiger partial charge in [-0.2, -0.15) is 0 Å². The maximum Gasteiger partial charge on any atom is 0.241 e. The van der Waals surface area contributed by atoms with Gasteiger partial charge < -0.3 is 9.47 Å². The summed E-state index contributed by atoms with van der Waals surface area (Å²) in [7, 11) is -3.67. The van der Waals surface area contributed by atoms with E-state index in [-0.39, 0.29) is 10.9 Å². The molecule has 0 unspecified atom stereocenters. The van der Waals surface area contributed by atoms with Gasteiger partial charge in [-0.1, -0.05) is 30.3 Å². The second-order valence-corrected chi connectivity index (χ2v) is 6.94. The Morgan fingerprint density at radius 1 is 0.958 bits per heavy atom. The van der Waals surface area contributed by atoms with E-state index < -0.39 is 10.0 Å². The summed E-state index contributed by atoms with van der Waals surface area (Å²) in [6.45, 7) is 6.42. The van der Waals surface area contributed by atoms with Crippen LogP contribution < -0.4 is 14.2 Å². The molecule has 130 valence electrons. The first kappa shape index (κ1) is 18.3. The van der Waals surface area contributed by atoms with Crippen molar-refractivity contribution in [3.63, 3.8) is 0 Å². The third-order valence-electron chi connectivity index (χ3n) is 3.46. The molecule has 0 aromatic heterocycles. The molecule has 5 nitrogen and oxygen atoms in total. The Hall–Kier alpha value is -2.05. The molecule has 0 aliphatic rings. The number of rotatable bonds is 8. The van der Waals surface area contributed by atoms with Crippen LogP contribution in [0.2, 0.25) is 0 Å². The second-order valence-electron chi connectivity index (χ2n) is 5.23. The Morgan fingerprint density at radius 3 is 2.21 bits per heavy atom. The number of hydrogen-bond donors (Lipinski definition) is 1. The Morgan fingerprint density at radius 2 is 1.58 bits per heavy atom. The van der Waals surface area contributed by atoms with E-state index >= 15 is 0 Å². The molecule has 0 saturated heterocycles. The van der Waals surface area contributed by atoms with E-state index in [4.69, 9.17) is 9.47 Å². The molecule has 0 saturated carbocycles. The van der Waals surface area contributed by atoms with Crippen molar-refractivity contribution in [3.05, 3.63) is 54.1 Å². The molecule has 1 atom stereocenters. The first-order valence-corrected chi connectivity index (χ1v) is 9.43. The maximum atomic E-state index is 12.6. The molecule has 2 aromatic carbocycles. The Labute approximate surface area is 143 Å². The quantitative estimate of drug-likeness (QED) is 0.792. The van der Waals surface area contributed by atoms with Crippen molar-refractivity contribution in [3.8, 4) is 11.5 Å². The minimum Gasteiger partial charge on any atom is -0.490 e. The van der Waals surface area contributed by atoms with Gasteiger partial charge in [-0.25, -0.2) is 13.1 Å². The van der Waals surface area contributed by atoms with Crippen LogP contribution in [-0.4, -0.2) is 21.6 Å². The SMILES string of the molecule is CCOc1ccc(S(=O)(=O)N[C@H](C)c2ccccc2)cc1OCC. The van der Waals surface area contributed by atoms with Crippen LogP contribution in [-0.2, 0) is 10.0 Å². The van der Waals surface area contributed by atoms with Gasteiger partial charge in [-0.05, 0) is 38.5 Å². The molecular formula is C18H23NO4S. The van der Waals surface area contributed by atoms with Crippen LogP contribution in [0.25, 0.3) is 0 Å². The van der Waals surface area contributed by atoms with E-state index in [1.165, 1.54) is 12.1 Å². The lowest BCUT2D eigenvalue weighted by atomic mass is 10.1. The normalized spacial score (nSPS) is 12.6. The summed E-state index contributed by atoms with van der Waals surface area (Å²) in [5.41, 5.74) is 0.900. The highest BCUT2D eigenvalue weighted by atomic mass is 32.2. The molecule has 0 amide bonds. The van der Waals surface area contributed by atoms with Gasteiger partial charge in [-0.3, -0.25) is 0 Å². The topological polar surface area (TPSA) is 64.6 Å². The fraction of sp³-hybridized carbons (Fsp3) is 0.333. The predicted octanol–water partition coefficient (Wildman–Crippen LogP) is 3.52. The first-order chi connectivity index (χ1) is 11.5. The molecule has 0 bridgehead atoms. The summed E-state index contributed by atoms with van der Waals surface area (Å²) in [4.78, 5) is 0.150. The van der Waals surface area contributed by atoms with Crippen LogP contribution >= 0.6 is 0 Å². The summed E-state index contributed by atoms with van der Waals surface area (Å²) in [5.74, 6) is 0.962. The van der Waals surface area contributed by atoms with Crippen LogP contribution in [0.1, 0.15) is 32.4 Å². The minimum absolute atomic E-state index is 0.150. The fourth-order valence-electron chi connectivity index (χ4n) is 2.31. The standard InChI is InChI=1S/C18H23NO4S/c1-4-22-17-12-11-16(13-18(17)23-5-2)24(20,21)19-14(3)15-9-7-6-8-10-15/h6-14,19H,4-5H2,1-3H3/t14-/m1/s1. The van der Waals surface area contributed by atoms with E-state index in [1.807, 2.05) is 51.1 Å². The van der Waals surface area contributed by atoms with Crippen LogP contribution in [0.5, 0.6) is 11.5 Å². The molecule has 0 spiro atoms. The Bertz CT molecular complexity index is 760. The van der Waals surface area contributed by atoms with Gasteiger partial charge in [0.1, 0.15) is 0 Å². The number of sulfonamides is 1. The lowest BCUT2D eigenvalue weighted by Gasteiger charge is -2.16. The molecule has 2 rings (SSSR count). The average molecular weight is 349 g/mol. The summed E-state index contributed by atoms with van der Waals surface area (Å²) in [6.07, 6.45) is 0. The van der Waals surface area contributed by atoms with Crippen molar-refractivity contribution in [2.45, 2.75) is 31.7 Å². The number of benzene rings is 2. The van der Waals surface area contributed by atoms with Crippen molar-refractivity contribution in [1.82, 2.24) is 4.72 Å². The van der Waals surface area contributed by atoms with E-state index in [9.17, 15) is 8.42 Å². The van der Waals surface area contributed by atoms with Crippen molar-refractivity contribution in [1.29, 1.82) is 0 Å². The zero-order valence-electron chi connectivity index (χ0n) is 14.2. The van der Waals surface area contributed by atoms with Gasteiger partial charge in [0, 0.05) is 12.1 Å². The Balaban J connectivity index is 2.26. The third-order valence-corrected chi connectivity index (χ3v) is 5.00. The number of nitrogens with one attached hydrogen (secondary N) is 1. The fourth-order valence-corrected chi connectivity index (χ4v) is 3.56. The molecule has 1 N–H and O–H groups in total. The van der Waals surface area contributed by atoms with E-state index in [2.05, 4.69) is 4.72 Å². The third kappa shape index (κ3) is 4.49. The van der Waals surface area contributed by atoms with Gasteiger partial charge in [0.15, 0.2) is 11.5 Å². The van der Waals surface area contributed by atoms with Crippen molar-refractivity contribution in [2.75, 3.05) is 13.2 Å². The van der Waals surface area contributed by atoms with Gasteiger partial charge in [0.2, 0.25) is 10.0 Å². The summed E-state index contributed by atoms with van der Waals surface area (Å²) in [5, 5.41) is 0. The van der Waals surface area contributed by atoms with Crippen LogP contribution in [0, 0.1) is 0 Å². The summed E-state index contributed by atoms with van der Waals surface area (Å²) < 4.78 is 38.9. The van der Waals surface area contributed by atoms with Crippen molar-refractivity contribution in [2.24, 2.45) is 0 Å². The maximum absolute atomic E-state index is 12.6. The molecule has 0 aliphatic heterocycles. The summed E-state index contributed by atoms with van der Waals surface area (Å²) >= 11 is 0. The minimum atomic E-state index is -3.67. The monoisotopic (exact) mass is 349 g/mol. The highest BCUT2D eigenvalue weighted by molar-refractivity contribution is 7.89. The molecule has 6 heteroatoms. The molecular weight excluding hydrogens is 326 g/mol. The molecule has 0 aliphatic carbocycles. The number of hydrogen-bond acceptors (Lipinski definition) is 4. The summed E-state index contributed by atoms with van der Waals surface area (Å²) in [6, 6.07) is 13.7. The van der Waals surface area contributed by atoms with E-state index in [1.54, 1.807) is 6.07 Å². The van der Waals surface area contributed by atoms with Gasteiger partial charge >= 0.3 is 0 Å².